The highest BCUT2D eigenvalue weighted by Crippen LogP contribution is 2.42. The van der Waals surface area contributed by atoms with Gasteiger partial charge in [-0.2, -0.15) is 0 Å². The average Bonchev–Trinajstić information content (AvgIpc) is 3.40. The molecule has 2 heterocycles. The molecule has 0 radical (unpaired) electrons. The maximum atomic E-state index is 10.8. The third-order valence-electron chi connectivity index (χ3n) is 5.14. The number of rotatable bonds is 6. The van der Waals surface area contributed by atoms with E-state index in [2.05, 4.69) is 26.6 Å². The van der Waals surface area contributed by atoms with E-state index in [0.29, 0.717) is 6.04 Å². The molecule has 2 aliphatic rings. The van der Waals surface area contributed by atoms with Gasteiger partial charge >= 0.3 is 0 Å². The standard InChI is InChI=1S/C18H23N5O2S/c1-13-8-10-21(11-9-13)17-19-20-18(22(17)15-6-7-15)26-12-14-2-4-16(5-3-14)23(24)25/h2-5,13,15H,6-12H2,1H3. The first-order chi connectivity index (χ1) is 12.6. The maximum Gasteiger partial charge on any atom is 0.269 e. The molecule has 1 aromatic carbocycles. The van der Waals surface area contributed by atoms with Crippen LogP contribution in [0.25, 0.3) is 0 Å². The third-order valence-corrected chi connectivity index (χ3v) is 6.15. The Balaban J connectivity index is 1.47. The zero-order valence-electron chi connectivity index (χ0n) is 14.9. The summed E-state index contributed by atoms with van der Waals surface area (Å²) in [5.41, 5.74) is 1.18. The predicted octanol–water partition coefficient (Wildman–Crippen LogP) is 4.05. The molecule has 0 amide bonds. The Kier molecular flexibility index (Phi) is 4.84. The van der Waals surface area contributed by atoms with E-state index in [1.165, 1.54) is 25.7 Å². The van der Waals surface area contributed by atoms with Gasteiger partial charge in [-0.05, 0) is 37.2 Å². The van der Waals surface area contributed by atoms with Gasteiger partial charge in [0, 0.05) is 37.0 Å². The average molecular weight is 373 g/mol. The van der Waals surface area contributed by atoms with E-state index < -0.39 is 0 Å². The van der Waals surface area contributed by atoms with Crippen LogP contribution >= 0.6 is 11.8 Å². The highest BCUT2D eigenvalue weighted by Gasteiger charge is 2.32. The van der Waals surface area contributed by atoms with E-state index in [0.717, 1.165) is 41.4 Å². The van der Waals surface area contributed by atoms with E-state index in [1.54, 1.807) is 23.9 Å². The first-order valence-corrected chi connectivity index (χ1v) is 10.2. The molecule has 0 spiro atoms. The quantitative estimate of drug-likeness (QED) is 0.432. The predicted molar refractivity (Wildman–Crippen MR) is 102 cm³/mol. The Morgan fingerprint density at radius 1 is 1.15 bits per heavy atom. The number of nitro groups is 1. The third kappa shape index (κ3) is 3.70. The number of hydrogen-bond acceptors (Lipinski definition) is 6. The summed E-state index contributed by atoms with van der Waals surface area (Å²) in [7, 11) is 0. The molecule has 4 rings (SSSR count). The van der Waals surface area contributed by atoms with Crippen LogP contribution in [0.15, 0.2) is 29.4 Å². The number of thioether (sulfide) groups is 1. The number of aromatic nitrogens is 3. The SMILES string of the molecule is CC1CCN(c2nnc(SCc3ccc([N+](=O)[O-])cc3)n2C2CC2)CC1. The van der Waals surface area contributed by atoms with Crippen molar-refractivity contribution in [1.82, 2.24) is 14.8 Å². The number of benzene rings is 1. The van der Waals surface area contributed by atoms with Crippen LogP contribution in [0.3, 0.4) is 0 Å². The highest BCUT2D eigenvalue weighted by molar-refractivity contribution is 7.98. The fourth-order valence-corrected chi connectivity index (χ4v) is 4.26. The van der Waals surface area contributed by atoms with E-state index in [-0.39, 0.29) is 10.6 Å². The van der Waals surface area contributed by atoms with Crippen LogP contribution in [0, 0.1) is 16.0 Å². The van der Waals surface area contributed by atoms with Crippen LogP contribution in [0.1, 0.15) is 44.2 Å². The van der Waals surface area contributed by atoms with Gasteiger partial charge in [-0.3, -0.25) is 14.7 Å². The van der Waals surface area contributed by atoms with Crippen molar-refractivity contribution in [3.05, 3.63) is 39.9 Å². The molecule has 1 aliphatic heterocycles. The topological polar surface area (TPSA) is 77.1 Å². The summed E-state index contributed by atoms with van der Waals surface area (Å²) in [6.45, 7) is 4.42. The molecule has 26 heavy (non-hydrogen) atoms. The molecule has 0 atom stereocenters. The lowest BCUT2D eigenvalue weighted by molar-refractivity contribution is -0.384. The second-order valence-electron chi connectivity index (χ2n) is 7.27. The normalized spacial score (nSPS) is 18.3. The molecule has 0 unspecified atom stereocenters. The van der Waals surface area contributed by atoms with Gasteiger partial charge in [-0.1, -0.05) is 30.8 Å². The summed E-state index contributed by atoms with van der Waals surface area (Å²) in [5, 5.41) is 20.7. The number of nitro benzene ring substituents is 1. The molecule has 7 nitrogen and oxygen atoms in total. The van der Waals surface area contributed by atoms with Crippen molar-refractivity contribution in [1.29, 1.82) is 0 Å². The summed E-state index contributed by atoms with van der Waals surface area (Å²) in [5.74, 6) is 2.55. The number of non-ortho nitro benzene ring substituents is 1. The summed E-state index contributed by atoms with van der Waals surface area (Å²) >= 11 is 1.66. The van der Waals surface area contributed by atoms with Gasteiger partial charge in [0.15, 0.2) is 5.16 Å². The van der Waals surface area contributed by atoms with Crippen molar-refractivity contribution in [2.24, 2.45) is 5.92 Å². The first-order valence-electron chi connectivity index (χ1n) is 9.18. The fraction of sp³-hybridized carbons (Fsp3) is 0.556. The molecule has 8 heteroatoms. The van der Waals surface area contributed by atoms with E-state index in [1.807, 2.05) is 12.1 Å². The Labute approximate surface area is 156 Å². The van der Waals surface area contributed by atoms with Crippen molar-refractivity contribution in [3.63, 3.8) is 0 Å². The van der Waals surface area contributed by atoms with Crippen molar-refractivity contribution in [2.45, 2.75) is 49.6 Å². The molecule has 2 aromatic rings. The van der Waals surface area contributed by atoms with Gasteiger partial charge < -0.3 is 4.90 Å². The van der Waals surface area contributed by atoms with E-state index >= 15 is 0 Å². The lowest BCUT2D eigenvalue weighted by Crippen LogP contribution is -2.34. The number of piperidine rings is 1. The van der Waals surface area contributed by atoms with E-state index in [4.69, 9.17) is 0 Å². The lowest BCUT2D eigenvalue weighted by Gasteiger charge is -2.31. The van der Waals surface area contributed by atoms with Crippen molar-refractivity contribution >= 4 is 23.4 Å². The molecular formula is C18H23N5O2S. The maximum absolute atomic E-state index is 10.8. The summed E-state index contributed by atoms with van der Waals surface area (Å²) in [4.78, 5) is 12.8. The van der Waals surface area contributed by atoms with Crippen molar-refractivity contribution in [2.75, 3.05) is 18.0 Å². The largest absolute Gasteiger partial charge is 0.341 e. The van der Waals surface area contributed by atoms with E-state index in [9.17, 15) is 10.1 Å². The molecule has 0 N–H and O–H groups in total. The van der Waals surface area contributed by atoms with Crippen LogP contribution < -0.4 is 4.90 Å². The molecule has 1 saturated heterocycles. The van der Waals surface area contributed by atoms with Gasteiger partial charge in [0.2, 0.25) is 5.95 Å². The van der Waals surface area contributed by atoms with Crippen molar-refractivity contribution in [3.8, 4) is 0 Å². The van der Waals surface area contributed by atoms with Crippen LogP contribution in [-0.4, -0.2) is 32.8 Å². The number of anilines is 1. The lowest BCUT2D eigenvalue weighted by atomic mass is 10.00. The molecule has 1 aliphatic carbocycles. The van der Waals surface area contributed by atoms with Gasteiger partial charge in [-0.15, -0.1) is 10.2 Å². The van der Waals surface area contributed by atoms with Crippen LogP contribution in [0.5, 0.6) is 0 Å². The number of nitrogens with zero attached hydrogens (tertiary/aromatic N) is 5. The van der Waals surface area contributed by atoms with Gasteiger partial charge in [0.25, 0.3) is 5.69 Å². The van der Waals surface area contributed by atoms with Crippen LogP contribution in [0.4, 0.5) is 11.6 Å². The Hall–Kier alpha value is -2.09. The van der Waals surface area contributed by atoms with Crippen LogP contribution in [-0.2, 0) is 5.75 Å². The minimum absolute atomic E-state index is 0.126. The second kappa shape index (κ2) is 7.26. The monoisotopic (exact) mass is 373 g/mol. The van der Waals surface area contributed by atoms with Gasteiger partial charge in [0.1, 0.15) is 0 Å². The summed E-state index contributed by atoms with van der Waals surface area (Å²) < 4.78 is 2.31. The molecular weight excluding hydrogens is 350 g/mol. The first kappa shape index (κ1) is 17.3. The Bertz CT molecular complexity index is 779. The minimum atomic E-state index is -0.369. The molecule has 2 fully saturated rings. The van der Waals surface area contributed by atoms with Crippen LogP contribution in [0.2, 0.25) is 0 Å². The zero-order chi connectivity index (χ0) is 18.1. The highest BCUT2D eigenvalue weighted by atomic mass is 32.2. The number of hydrogen-bond donors (Lipinski definition) is 0. The summed E-state index contributed by atoms with van der Waals surface area (Å²) in [6.07, 6.45) is 4.81. The van der Waals surface area contributed by atoms with Crippen molar-refractivity contribution < 1.29 is 4.92 Å². The molecule has 1 saturated carbocycles. The van der Waals surface area contributed by atoms with Gasteiger partial charge in [0.05, 0.1) is 4.92 Å². The molecule has 138 valence electrons. The Morgan fingerprint density at radius 3 is 2.46 bits per heavy atom. The molecule has 1 aromatic heterocycles. The second-order valence-corrected chi connectivity index (χ2v) is 8.21. The fourth-order valence-electron chi connectivity index (χ4n) is 3.31. The zero-order valence-corrected chi connectivity index (χ0v) is 15.7. The van der Waals surface area contributed by atoms with Gasteiger partial charge in [-0.25, -0.2) is 0 Å². The summed E-state index contributed by atoms with van der Waals surface area (Å²) in [6, 6.07) is 7.27. The molecule has 0 bridgehead atoms. The smallest absolute Gasteiger partial charge is 0.269 e. The minimum Gasteiger partial charge on any atom is -0.341 e. The Morgan fingerprint density at radius 2 is 1.85 bits per heavy atom.